The van der Waals surface area contributed by atoms with Crippen LogP contribution in [0.4, 0.5) is 0 Å². The molecule has 0 radical (unpaired) electrons. The molecular formula is C16H16O2. The summed E-state index contributed by atoms with van der Waals surface area (Å²) in [6.07, 6.45) is 1.80. The largest absolute Gasteiger partial charge is 0.496 e. The minimum atomic E-state index is 0.00226. The van der Waals surface area contributed by atoms with Crippen molar-refractivity contribution in [1.29, 1.82) is 0 Å². The van der Waals surface area contributed by atoms with Gasteiger partial charge in [-0.3, -0.25) is 0 Å². The van der Waals surface area contributed by atoms with E-state index >= 15 is 0 Å². The molecule has 1 N–H and O–H groups in total. The predicted octanol–water partition coefficient (Wildman–Crippen LogP) is 3.12. The second kappa shape index (κ2) is 6.03. The average Bonchev–Trinajstić information content (AvgIpc) is 2.46. The number of aliphatic hydroxyl groups is 1. The van der Waals surface area contributed by atoms with Crippen molar-refractivity contribution in [1.82, 2.24) is 0 Å². The molecule has 0 saturated heterocycles. The van der Waals surface area contributed by atoms with E-state index in [1.54, 1.807) is 13.2 Å². The van der Waals surface area contributed by atoms with Crippen LogP contribution in [0.25, 0.3) is 5.57 Å². The highest BCUT2D eigenvalue weighted by Gasteiger charge is 2.09. The molecule has 0 aliphatic carbocycles. The van der Waals surface area contributed by atoms with E-state index in [1.165, 1.54) is 0 Å². The Bertz CT molecular complexity index is 530. The molecule has 0 aliphatic heterocycles. The minimum Gasteiger partial charge on any atom is -0.496 e. The zero-order valence-electron chi connectivity index (χ0n) is 10.3. The molecule has 2 nitrogen and oxygen atoms in total. The highest BCUT2D eigenvalue weighted by molar-refractivity contribution is 5.82. The van der Waals surface area contributed by atoms with Crippen molar-refractivity contribution >= 4 is 5.57 Å². The number of ether oxygens (including phenoxy) is 1. The summed E-state index contributed by atoms with van der Waals surface area (Å²) in [7, 11) is 1.65. The Morgan fingerprint density at radius 1 is 1.06 bits per heavy atom. The Hall–Kier alpha value is -2.06. The zero-order valence-corrected chi connectivity index (χ0v) is 10.3. The van der Waals surface area contributed by atoms with Crippen LogP contribution >= 0.6 is 0 Å². The highest BCUT2D eigenvalue weighted by Crippen LogP contribution is 2.30. The molecule has 2 aromatic carbocycles. The van der Waals surface area contributed by atoms with Crippen molar-refractivity contribution in [2.45, 2.75) is 0 Å². The zero-order chi connectivity index (χ0) is 12.8. The second-order valence-corrected chi connectivity index (χ2v) is 3.87. The minimum absolute atomic E-state index is 0.00226. The summed E-state index contributed by atoms with van der Waals surface area (Å²) in [6, 6.07) is 17.8. The maximum absolute atomic E-state index is 9.21. The summed E-state index contributed by atoms with van der Waals surface area (Å²) >= 11 is 0. The van der Waals surface area contributed by atoms with Crippen LogP contribution in [0.5, 0.6) is 5.75 Å². The lowest BCUT2D eigenvalue weighted by atomic mass is 9.97. The van der Waals surface area contributed by atoms with Gasteiger partial charge in [0.05, 0.1) is 13.7 Å². The fraction of sp³-hybridized carbons (Fsp3) is 0.125. The summed E-state index contributed by atoms with van der Waals surface area (Å²) in [5, 5.41) is 9.21. The monoisotopic (exact) mass is 240 g/mol. The lowest BCUT2D eigenvalue weighted by Gasteiger charge is -2.12. The summed E-state index contributed by atoms with van der Waals surface area (Å²) in [5.41, 5.74) is 3.03. The molecule has 0 aromatic heterocycles. The number of methoxy groups -OCH3 is 1. The van der Waals surface area contributed by atoms with Crippen molar-refractivity contribution < 1.29 is 9.84 Å². The molecule has 2 rings (SSSR count). The molecule has 0 saturated carbocycles. The van der Waals surface area contributed by atoms with Crippen LogP contribution in [0.15, 0.2) is 60.7 Å². The van der Waals surface area contributed by atoms with Gasteiger partial charge in [0.2, 0.25) is 0 Å². The molecule has 18 heavy (non-hydrogen) atoms. The van der Waals surface area contributed by atoms with Gasteiger partial charge in [-0.15, -0.1) is 0 Å². The van der Waals surface area contributed by atoms with E-state index in [0.29, 0.717) is 0 Å². The summed E-state index contributed by atoms with van der Waals surface area (Å²) < 4.78 is 5.37. The van der Waals surface area contributed by atoms with Crippen LogP contribution in [0.2, 0.25) is 0 Å². The topological polar surface area (TPSA) is 29.5 Å². The lowest BCUT2D eigenvalue weighted by molar-refractivity contribution is 0.343. The van der Waals surface area contributed by atoms with E-state index in [1.807, 2.05) is 54.6 Å². The molecule has 2 aromatic rings. The third-order valence-electron chi connectivity index (χ3n) is 2.78. The van der Waals surface area contributed by atoms with Crippen LogP contribution in [-0.4, -0.2) is 18.8 Å². The first-order valence-electron chi connectivity index (χ1n) is 5.86. The average molecular weight is 240 g/mol. The van der Waals surface area contributed by atoms with Gasteiger partial charge in [0.1, 0.15) is 5.75 Å². The number of aliphatic hydroxyl groups excluding tert-OH is 1. The first kappa shape index (κ1) is 12.4. The Morgan fingerprint density at radius 2 is 1.72 bits per heavy atom. The van der Waals surface area contributed by atoms with Crippen molar-refractivity contribution in [2.24, 2.45) is 0 Å². The van der Waals surface area contributed by atoms with E-state index in [9.17, 15) is 5.11 Å². The van der Waals surface area contributed by atoms with E-state index in [2.05, 4.69) is 0 Å². The summed E-state index contributed by atoms with van der Waals surface area (Å²) in [6.45, 7) is 0.00226. The van der Waals surface area contributed by atoms with Gasteiger partial charge in [-0.25, -0.2) is 0 Å². The molecule has 0 atom stereocenters. The van der Waals surface area contributed by atoms with Crippen LogP contribution < -0.4 is 4.74 Å². The van der Waals surface area contributed by atoms with Gasteiger partial charge >= 0.3 is 0 Å². The van der Waals surface area contributed by atoms with Crippen LogP contribution in [0.1, 0.15) is 11.1 Å². The van der Waals surface area contributed by atoms with Gasteiger partial charge in [-0.2, -0.15) is 0 Å². The quantitative estimate of drug-likeness (QED) is 0.889. The molecule has 0 unspecified atom stereocenters. The van der Waals surface area contributed by atoms with Gasteiger partial charge in [-0.05, 0) is 17.2 Å². The Balaban J connectivity index is 2.53. The molecule has 0 heterocycles. The summed E-state index contributed by atoms with van der Waals surface area (Å²) in [4.78, 5) is 0. The predicted molar refractivity (Wildman–Crippen MR) is 73.6 cm³/mol. The van der Waals surface area contributed by atoms with Crippen molar-refractivity contribution in [2.75, 3.05) is 13.7 Å². The molecule has 0 aliphatic rings. The second-order valence-electron chi connectivity index (χ2n) is 3.87. The summed E-state index contributed by atoms with van der Waals surface area (Å²) in [5.74, 6) is 0.807. The molecule has 0 bridgehead atoms. The number of hydrogen-bond donors (Lipinski definition) is 1. The lowest BCUT2D eigenvalue weighted by Crippen LogP contribution is -1.94. The van der Waals surface area contributed by atoms with Gasteiger partial charge in [0, 0.05) is 5.56 Å². The maximum atomic E-state index is 9.21. The smallest absolute Gasteiger partial charge is 0.126 e. The Kier molecular flexibility index (Phi) is 4.15. The first-order chi connectivity index (χ1) is 8.86. The normalized spacial score (nSPS) is 11.3. The van der Waals surface area contributed by atoms with E-state index in [4.69, 9.17) is 4.74 Å². The van der Waals surface area contributed by atoms with Crippen LogP contribution in [0.3, 0.4) is 0 Å². The number of hydrogen-bond acceptors (Lipinski definition) is 2. The fourth-order valence-corrected chi connectivity index (χ4v) is 1.96. The molecule has 2 heteroatoms. The molecule has 0 spiro atoms. The van der Waals surface area contributed by atoms with Crippen LogP contribution in [-0.2, 0) is 0 Å². The first-order valence-corrected chi connectivity index (χ1v) is 5.86. The van der Waals surface area contributed by atoms with Crippen molar-refractivity contribution in [3.63, 3.8) is 0 Å². The fourth-order valence-electron chi connectivity index (χ4n) is 1.96. The van der Waals surface area contributed by atoms with Crippen molar-refractivity contribution in [3.8, 4) is 5.75 Å². The van der Waals surface area contributed by atoms with Gasteiger partial charge in [0.15, 0.2) is 0 Å². The molecule has 92 valence electrons. The van der Waals surface area contributed by atoms with Gasteiger partial charge in [0.25, 0.3) is 0 Å². The molecular weight excluding hydrogens is 224 g/mol. The van der Waals surface area contributed by atoms with Crippen LogP contribution in [0, 0.1) is 0 Å². The van der Waals surface area contributed by atoms with Crippen molar-refractivity contribution in [3.05, 3.63) is 71.8 Å². The standard InChI is InChI=1S/C16H16O2/c1-18-16-10-6-5-9-15(16)14(11-12-17)13-7-3-2-4-8-13/h2-11,17H,12H2,1H3/b14-11+. The number of benzene rings is 2. The molecule has 0 amide bonds. The van der Waals surface area contributed by atoms with E-state index in [0.717, 1.165) is 22.4 Å². The maximum Gasteiger partial charge on any atom is 0.126 e. The SMILES string of the molecule is COc1ccccc1/C(=C/CO)c1ccccc1. The molecule has 0 fully saturated rings. The number of para-hydroxylation sites is 1. The Labute approximate surface area is 107 Å². The third kappa shape index (κ3) is 2.60. The van der Waals surface area contributed by atoms with Gasteiger partial charge < -0.3 is 9.84 Å². The number of rotatable bonds is 4. The highest BCUT2D eigenvalue weighted by atomic mass is 16.5. The van der Waals surface area contributed by atoms with E-state index in [-0.39, 0.29) is 6.61 Å². The Morgan fingerprint density at radius 3 is 2.39 bits per heavy atom. The van der Waals surface area contributed by atoms with E-state index < -0.39 is 0 Å². The van der Waals surface area contributed by atoms with Gasteiger partial charge in [-0.1, -0.05) is 54.6 Å². The third-order valence-corrected chi connectivity index (χ3v) is 2.78.